The second-order valence-corrected chi connectivity index (χ2v) is 7.72. The molecule has 4 N–H and O–H groups in total. The van der Waals surface area contributed by atoms with E-state index in [2.05, 4.69) is 10.7 Å². The average Bonchev–Trinajstić information content (AvgIpc) is 3.05. The molecule has 0 radical (unpaired) electrons. The highest BCUT2D eigenvalue weighted by Crippen LogP contribution is 2.34. The number of nitrogens with one attached hydrogen (secondary N) is 2. The summed E-state index contributed by atoms with van der Waals surface area (Å²) in [5, 5.41) is 4.35. The van der Waals surface area contributed by atoms with Crippen molar-refractivity contribution in [2.45, 2.75) is 59.5 Å². The minimum atomic E-state index is -0.858. The third-order valence-corrected chi connectivity index (χ3v) is 5.07. The van der Waals surface area contributed by atoms with E-state index in [1.54, 1.807) is 13.8 Å². The number of nitrogens with zero attached hydrogens (tertiary/aromatic N) is 1. The fraction of sp³-hybridized carbons (Fsp3) is 0.478. The molecule has 0 saturated heterocycles. The van der Waals surface area contributed by atoms with Gasteiger partial charge in [-0.1, -0.05) is 19.1 Å². The van der Waals surface area contributed by atoms with Crippen LogP contribution < -0.4 is 16.5 Å². The van der Waals surface area contributed by atoms with E-state index in [9.17, 15) is 18.4 Å². The number of allylic oxidation sites excluding steroid dienone is 4. The number of hydrogen-bond acceptors (Lipinski definition) is 6. The molecule has 0 saturated carbocycles. The number of ether oxygens (including phenoxy) is 1. The maximum absolute atomic E-state index is 13.9. The summed E-state index contributed by atoms with van der Waals surface area (Å²) in [6, 6.07) is -0.573. The van der Waals surface area contributed by atoms with Gasteiger partial charge in [0.05, 0.1) is 24.2 Å². The zero-order valence-electron chi connectivity index (χ0n) is 19.2. The molecule has 2 aliphatic rings. The number of carbonyl (C=O) groups is 2. The second kappa shape index (κ2) is 11.2. The Morgan fingerprint density at radius 2 is 2.00 bits per heavy atom. The van der Waals surface area contributed by atoms with Crippen molar-refractivity contribution in [1.82, 2.24) is 15.8 Å². The number of rotatable bonds is 9. The first-order valence-corrected chi connectivity index (χ1v) is 10.7. The molecule has 32 heavy (non-hydrogen) atoms. The largest absolute Gasteiger partial charge is 0.462 e. The van der Waals surface area contributed by atoms with E-state index >= 15 is 0 Å². The Morgan fingerprint density at radius 1 is 1.31 bits per heavy atom. The Hall–Kier alpha value is -2.78. The molecule has 0 aliphatic carbocycles. The van der Waals surface area contributed by atoms with Crippen LogP contribution in [0.3, 0.4) is 0 Å². The Kier molecular flexibility index (Phi) is 8.91. The van der Waals surface area contributed by atoms with Crippen molar-refractivity contribution in [1.29, 1.82) is 0 Å². The lowest BCUT2D eigenvalue weighted by molar-refractivity contribution is -0.142. The molecule has 0 aromatic carbocycles. The van der Waals surface area contributed by atoms with Gasteiger partial charge in [0.25, 0.3) is 5.91 Å². The van der Waals surface area contributed by atoms with Crippen molar-refractivity contribution in [3.63, 3.8) is 0 Å². The Bertz CT molecular complexity index is 912. The highest BCUT2D eigenvalue weighted by Gasteiger charge is 2.43. The molecule has 0 bridgehead atoms. The molecule has 176 valence electrons. The first-order valence-electron chi connectivity index (χ1n) is 10.7. The van der Waals surface area contributed by atoms with E-state index < -0.39 is 30.4 Å². The molecular formula is C23H32F2N4O3. The molecule has 0 aromatic heterocycles. The monoisotopic (exact) mass is 450 g/mol. The molecule has 9 heteroatoms. The van der Waals surface area contributed by atoms with E-state index in [4.69, 9.17) is 10.5 Å². The molecule has 2 heterocycles. The minimum Gasteiger partial charge on any atom is -0.462 e. The molecule has 2 unspecified atom stereocenters. The highest BCUT2D eigenvalue weighted by atomic mass is 19.1. The van der Waals surface area contributed by atoms with Crippen LogP contribution in [0.1, 0.15) is 47.5 Å². The number of carbonyl (C=O) groups excluding carboxylic acids is 2. The van der Waals surface area contributed by atoms with E-state index in [0.29, 0.717) is 29.9 Å². The van der Waals surface area contributed by atoms with Crippen LogP contribution in [0, 0.1) is 0 Å². The van der Waals surface area contributed by atoms with E-state index in [1.807, 2.05) is 19.9 Å². The fourth-order valence-electron chi connectivity index (χ4n) is 3.57. The maximum atomic E-state index is 13.9. The van der Waals surface area contributed by atoms with Crippen molar-refractivity contribution >= 4 is 11.9 Å². The van der Waals surface area contributed by atoms with Gasteiger partial charge in [-0.15, -0.1) is 0 Å². The normalized spacial score (nSPS) is 21.1. The highest BCUT2D eigenvalue weighted by molar-refractivity contribution is 6.18. The topological polar surface area (TPSA) is 96.7 Å². The molecular weight excluding hydrogens is 418 g/mol. The molecule has 2 rings (SSSR count). The van der Waals surface area contributed by atoms with Crippen LogP contribution in [0.15, 0.2) is 57.9 Å². The SMILES string of the molecule is CCOC(=O)C1=C(/C(=C/CC(C)N)CC)NC2=C(/C(=C/C=C(\C)F)CF)C(C)NN2C1=O. The minimum absolute atomic E-state index is 0.106. The van der Waals surface area contributed by atoms with Gasteiger partial charge in [-0.05, 0) is 57.8 Å². The zero-order valence-corrected chi connectivity index (χ0v) is 19.2. The number of fused-ring (bicyclic) bond motifs is 1. The number of hydrazine groups is 1. The summed E-state index contributed by atoms with van der Waals surface area (Å²) in [5.41, 5.74) is 10.4. The quantitative estimate of drug-likeness (QED) is 0.284. The van der Waals surface area contributed by atoms with Crippen molar-refractivity contribution in [2.24, 2.45) is 5.73 Å². The maximum Gasteiger partial charge on any atom is 0.345 e. The summed E-state index contributed by atoms with van der Waals surface area (Å²) in [6.07, 6.45) is 5.46. The van der Waals surface area contributed by atoms with Crippen LogP contribution in [0.4, 0.5) is 8.78 Å². The summed E-state index contributed by atoms with van der Waals surface area (Å²) >= 11 is 0. The standard InChI is InChI=1S/C23H32F2N4O3/c1-6-16(11-9-14(4)26)20-19(23(31)32-7-2)22(30)29-21(27-20)18(15(5)28-29)17(12-24)10-8-13(3)25/h8,10-11,14-15,27-28H,6-7,9,12,26H2,1-5H3/b13-8+,16-11+,17-10+. The second-order valence-electron chi connectivity index (χ2n) is 7.72. The lowest BCUT2D eigenvalue weighted by Crippen LogP contribution is -2.49. The average molecular weight is 451 g/mol. The van der Waals surface area contributed by atoms with Gasteiger partial charge in [-0.3, -0.25) is 4.79 Å². The lowest BCUT2D eigenvalue weighted by Gasteiger charge is -2.31. The smallest absolute Gasteiger partial charge is 0.345 e. The Balaban J connectivity index is 2.70. The molecule has 2 aliphatic heterocycles. The van der Waals surface area contributed by atoms with Gasteiger partial charge in [-0.25, -0.2) is 24.0 Å². The molecule has 0 aromatic rings. The van der Waals surface area contributed by atoms with Crippen molar-refractivity contribution < 1.29 is 23.1 Å². The third kappa shape index (κ3) is 5.52. The molecule has 7 nitrogen and oxygen atoms in total. The first kappa shape index (κ1) is 25.5. The van der Waals surface area contributed by atoms with Crippen LogP contribution >= 0.6 is 0 Å². The van der Waals surface area contributed by atoms with E-state index in [1.165, 1.54) is 24.1 Å². The van der Waals surface area contributed by atoms with Crippen LogP contribution in [0.5, 0.6) is 0 Å². The van der Waals surface area contributed by atoms with Crippen LogP contribution in [0.2, 0.25) is 0 Å². The molecule has 0 fully saturated rings. The Morgan fingerprint density at radius 3 is 2.53 bits per heavy atom. The van der Waals surface area contributed by atoms with Gasteiger partial charge >= 0.3 is 5.97 Å². The summed E-state index contributed by atoms with van der Waals surface area (Å²) in [7, 11) is 0. The number of halogens is 2. The van der Waals surface area contributed by atoms with Gasteiger partial charge < -0.3 is 15.8 Å². The van der Waals surface area contributed by atoms with Crippen LogP contribution in [-0.4, -0.2) is 42.3 Å². The Labute approximate surface area is 187 Å². The summed E-state index contributed by atoms with van der Waals surface area (Å²) in [4.78, 5) is 26.1. The fourth-order valence-corrected chi connectivity index (χ4v) is 3.57. The van der Waals surface area contributed by atoms with Gasteiger partial charge in [0.15, 0.2) is 0 Å². The summed E-state index contributed by atoms with van der Waals surface area (Å²) in [5.74, 6) is -1.52. The number of amides is 1. The van der Waals surface area contributed by atoms with Gasteiger partial charge in [0.1, 0.15) is 18.1 Å². The van der Waals surface area contributed by atoms with Crippen LogP contribution in [-0.2, 0) is 14.3 Å². The van der Waals surface area contributed by atoms with E-state index in [-0.39, 0.29) is 23.8 Å². The predicted octanol–water partition coefficient (Wildman–Crippen LogP) is 3.20. The summed E-state index contributed by atoms with van der Waals surface area (Å²) in [6.45, 7) is 7.67. The molecule has 2 atom stereocenters. The molecule has 0 spiro atoms. The van der Waals surface area contributed by atoms with Gasteiger partial charge in [0.2, 0.25) is 0 Å². The van der Waals surface area contributed by atoms with Crippen molar-refractivity contribution in [3.05, 3.63) is 57.9 Å². The number of alkyl halides is 1. The number of esters is 1. The van der Waals surface area contributed by atoms with Gasteiger partial charge in [-0.2, -0.15) is 0 Å². The van der Waals surface area contributed by atoms with E-state index in [0.717, 1.165) is 5.57 Å². The molecule has 1 amide bonds. The number of hydrogen-bond donors (Lipinski definition) is 3. The predicted molar refractivity (Wildman–Crippen MR) is 119 cm³/mol. The van der Waals surface area contributed by atoms with Gasteiger partial charge in [0, 0.05) is 11.6 Å². The zero-order chi connectivity index (χ0) is 24.0. The summed E-state index contributed by atoms with van der Waals surface area (Å²) < 4.78 is 32.3. The van der Waals surface area contributed by atoms with Crippen molar-refractivity contribution in [2.75, 3.05) is 13.3 Å². The lowest BCUT2D eigenvalue weighted by atomic mass is 9.97. The third-order valence-electron chi connectivity index (χ3n) is 5.07. The first-order chi connectivity index (χ1) is 15.2. The van der Waals surface area contributed by atoms with Crippen molar-refractivity contribution in [3.8, 4) is 0 Å². The number of nitrogens with two attached hydrogens (primary N) is 1. The van der Waals surface area contributed by atoms with Crippen LogP contribution in [0.25, 0.3) is 0 Å².